The van der Waals surface area contributed by atoms with Crippen LogP contribution in [0.1, 0.15) is 13.3 Å². The van der Waals surface area contributed by atoms with E-state index >= 15 is 0 Å². The fraction of sp³-hybridized carbons (Fsp3) is 0.667. The van der Waals surface area contributed by atoms with Gasteiger partial charge in [0.1, 0.15) is 6.61 Å². The van der Waals surface area contributed by atoms with Gasteiger partial charge in [-0.05, 0) is 6.92 Å². The molecule has 0 aliphatic heterocycles. The van der Waals surface area contributed by atoms with Crippen LogP contribution in [0.25, 0.3) is 0 Å². The normalized spacial score (nSPS) is 8.82. The van der Waals surface area contributed by atoms with E-state index in [0.29, 0.717) is 6.61 Å². The second-order valence-corrected chi connectivity index (χ2v) is 1.72. The summed E-state index contributed by atoms with van der Waals surface area (Å²) in [6, 6.07) is 0. The van der Waals surface area contributed by atoms with Crippen LogP contribution in [0.3, 0.4) is 0 Å². The fourth-order valence-electron chi connectivity index (χ4n) is 0.468. The van der Waals surface area contributed by atoms with E-state index in [1.807, 2.05) is 0 Å². The fourth-order valence-corrected chi connectivity index (χ4v) is 0.468. The standard InChI is InChI=1S/C6H11NO4/c1-2-10-5(8)3-4-11-6(7)9/h2-4H2,1H3,(H2,7,9). The van der Waals surface area contributed by atoms with Gasteiger partial charge in [0.05, 0.1) is 13.0 Å². The van der Waals surface area contributed by atoms with Crippen molar-refractivity contribution >= 4 is 12.1 Å². The summed E-state index contributed by atoms with van der Waals surface area (Å²) >= 11 is 0. The minimum Gasteiger partial charge on any atom is -0.466 e. The lowest BCUT2D eigenvalue weighted by molar-refractivity contribution is -0.143. The Balaban J connectivity index is 3.24. The van der Waals surface area contributed by atoms with E-state index in [2.05, 4.69) is 15.2 Å². The maximum absolute atomic E-state index is 10.6. The monoisotopic (exact) mass is 161 g/mol. The topological polar surface area (TPSA) is 78.6 Å². The van der Waals surface area contributed by atoms with E-state index in [9.17, 15) is 9.59 Å². The molecule has 0 rings (SSSR count). The lowest BCUT2D eigenvalue weighted by atomic mass is 10.5. The minimum absolute atomic E-state index is 0.0197. The number of hydrogen-bond acceptors (Lipinski definition) is 4. The highest BCUT2D eigenvalue weighted by Gasteiger charge is 2.01. The number of esters is 1. The molecule has 0 aromatic rings. The molecule has 64 valence electrons. The van der Waals surface area contributed by atoms with Crippen LogP contribution in [0.4, 0.5) is 4.79 Å². The zero-order valence-corrected chi connectivity index (χ0v) is 6.33. The number of primary amides is 1. The maximum Gasteiger partial charge on any atom is 0.404 e. The molecule has 11 heavy (non-hydrogen) atoms. The third-order valence-corrected chi connectivity index (χ3v) is 0.856. The minimum atomic E-state index is -0.880. The molecule has 0 fully saturated rings. The lowest BCUT2D eigenvalue weighted by Crippen LogP contribution is -2.16. The Morgan fingerprint density at radius 3 is 2.45 bits per heavy atom. The van der Waals surface area contributed by atoms with Crippen LogP contribution in [0.2, 0.25) is 0 Å². The molecule has 0 atom stereocenters. The Labute approximate surface area is 64.5 Å². The average Bonchev–Trinajstić information content (AvgIpc) is 1.87. The zero-order chi connectivity index (χ0) is 8.69. The SMILES string of the molecule is CCOC(=O)CCOC(N)=O. The van der Waals surface area contributed by atoms with Crippen molar-refractivity contribution in [2.45, 2.75) is 13.3 Å². The molecule has 0 bridgehead atoms. The van der Waals surface area contributed by atoms with Crippen LogP contribution >= 0.6 is 0 Å². The number of rotatable bonds is 4. The molecule has 2 N–H and O–H groups in total. The van der Waals surface area contributed by atoms with Crippen molar-refractivity contribution in [3.63, 3.8) is 0 Å². The Bertz CT molecular complexity index is 146. The van der Waals surface area contributed by atoms with Gasteiger partial charge in [0.2, 0.25) is 0 Å². The van der Waals surface area contributed by atoms with Crippen LogP contribution < -0.4 is 5.73 Å². The number of amides is 1. The molecule has 5 nitrogen and oxygen atoms in total. The van der Waals surface area contributed by atoms with Crippen LogP contribution in [0.5, 0.6) is 0 Å². The molecule has 0 saturated heterocycles. The number of nitrogens with two attached hydrogens (primary N) is 1. The van der Waals surface area contributed by atoms with Gasteiger partial charge in [-0.2, -0.15) is 0 Å². The predicted octanol–water partition coefficient (Wildman–Crippen LogP) is 0.0349. The van der Waals surface area contributed by atoms with E-state index in [1.165, 1.54) is 0 Å². The molecular formula is C6H11NO4. The van der Waals surface area contributed by atoms with Crippen molar-refractivity contribution < 1.29 is 19.1 Å². The second-order valence-electron chi connectivity index (χ2n) is 1.72. The maximum atomic E-state index is 10.6. The number of hydrogen-bond donors (Lipinski definition) is 1. The van der Waals surface area contributed by atoms with Gasteiger partial charge in [0.25, 0.3) is 0 Å². The summed E-state index contributed by atoms with van der Waals surface area (Å²) in [5.74, 6) is -0.395. The van der Waals surface area contributed by atoms with E-state index < -0.39 is 12.1 Å². The van der Waals surface area contributed by atoms with Gasteiger partial charge in [-0.25, -0.2) is 4.79 Å². The first-order chi connectivity index (χ1) is 5.16. The van der Waals surface area contributed by atoms with Crippen molar-refractivity contribution in [2.75, 3.05) is 13.2 Å². The lowest BCUT2D eigenvalue weighted by Gasteiger charge is -2.00. The molecule has 0 aromatic carbocycles. The predicted molar refractivity (Wildman–Crippen MR) is 36.8 cm³/mol. The first-order valence-corrected chi connectivity index (χ1v) is 3.24. The number of ether oxygens (including phenoxy) is 2. The summed E-state index contributed by atoms with van der Waals surface area (Å²) in [4.78, 5) is 20.6. The van der Waals surface area contributed by atoms with Gasteiger partial charge in [-0.3, -0.25) is 4.79 Å². The van der Waals surface area contributed by atoms with E-state index in [1.54, 1.807) is 6.92 Å². The van der Waals surface area contributed by atoms with Crippen molar-refractivity contribution in [2.24, 2.45) is 5.73 Å². The molecule has 0 aliphatic carbocycles. The van der Waals surface area contributed by atoms with Gasteiger partial charge in [-0.15, -0.1) is 0 Å². The Morgan fingerprint density at radius 1 is 1.36 bits per heavy atom. The van der Waals surface area contributed by atoms with Crippen LogP contribution in [0, 0.1) is 0 Å². The molecular weight excluding hydrogens is 150 g/mol. The van der Waals surface area contributed by atoms with Crippen molar-refractivity contribution in [1.29, 1.82) is 0 Å². The third kappa shape index (κ3) is 6.63. The summed E-state index contributed by atoms with van der Waals surface area (Å²) in [6.45, 7) is 2.01. The Hall–Kier alpha value is -1.26. The van der Waals surface area contributed by atoms with E-state index in [-0.39, 0.29) is 13.0 Å². The van der Waals surface area contributed by atoms with E-state index in [4.69, 9.17) is 0 Å². The Kier molecular flexibility index (Phi) is 4.89. The van der Waals surface area contributed by atoms with Gasteiger partial charge >= 0.3 is 12.1 Å². The number of carbonyl (C=O) groups is 2. The largest absolute Gasteiger partial charge is 0.466 e. The molecule has 0 radical (unpaired) electrons. The van der Waals surface area contributed by atoms with Crippen LogP contribution in [-0.4, -0.2) is 25.3 Å². The average molecular weight is 161 g/mol. The summed E-state index contributed by atoms with van der Waals surface area (Å²) in [5.41, 5.74) is 4.64. The van der Waals surface area contributed by atoms with E-state index in [0.717, 1.165) is 0 Å². The molecule has 0 aliphatic rings. The van der Waals surface area contributed by atoms with Gasteiger partial charge < -0.3 is 15.2 Å². The summed E-state index contributed by atoms with van der Waals surface area (Å²) in [6.07, 6.45) is -0.828. The van der Waals surface area contributed by atoms with Crippen molar-refractivity contribution in [3.05, 3.63) is 0 Å². The van der Waals surface area contributed by atoms with Gasteiger partial charge in [-0.1, -0.05) is 0 Å². The summed E-state index contributed by atoms with van der Waals surface area (Å²) in [7, 11) is 0. The molecule has 0 saturated carbocycles. The van der Waals surface area contributed by atoms with Gasteiger partial charge in [0.15, 0.2) is 0 Å². The van der Waals surface area contributed by atoms with Gasteiger partial charge in [0, 0.05) is 0 Å². The molecule has 0 heterocycles. The molecule has 0 unspecified atom stereocenters. The van der Waals surface area contributed by atoms with Crippen LogP contribution in [-0.2, 0) is 14.3 Å². The highest BCUT2D eigenvalue weighted by atomic mass is 16.6. The molecule has 0 spiro atoms. The molecule has 5 heteroatoms. The molecule has 0 aromatic heterocycles. The number of carbonyl (C=O) groups excluding carboxylic acids is 2. The first kappa shape index (κ1) is 9.74. The summed E-state index contributed by atoms with van der Waals surface area (Å²) in [5, 5.41) is 0. The third-order valence-electron chi connectivity index (χ3n) is 0.856. The van der Waals surface area contributed by atoms with Crippen molar-refractivity contribution in [3.8, 4) is 0 Å². The van der Waals surface area contributed by atoms with Crippen molar-refractivity contribution in [1.82, 2.24) is 0 Å². The summed E-state index contributed by atoms with van der Waals surface area (Å²) < 4.78 is 8.85. The first-order valence-electron chi connectivity index (χ1n) is 3.24. The van der Waals surface area contributed by atoms with Crippen LogP contribution in [0.15, 0.2) is 0 Å². The zero-order valence-electron chi connectivity index (χ0n) is 6.33. The highest BCUT2D eigenvalue weighted by molar-refractivity contribution is 5.70. The second kappa shape index (κ2) is 5.52. The smallest absolute Gasteiger partial charge is 0.404 e. The Morgan fingerprint density at radius 2 is 2.00 bits per heavy atom. The molecule has 1 amide bonds. The highest BCUT2D eigenvalue weighted by Crippen LogP contribution is 1.87. The quantitative estimate of drug-likeness (QED) is 0.590.